The van der Waals surface area contributed by atoms with Crippen LogP contribution in [0.2, 0.25) is 0 Å². The van der Waals surface area contributed by atoms with Crippen LogP contribution in [0.1, 0.15) is 33.1 Å². The molecule has 0 atom stereocenters. The molecule has 0 aliphatic rings. The van der Waals surface area contributed by atoms with Crippen LogP contribution in [0.5, 0.6) is 0 Å². The molecule has 0 bridgehead atoms. The van der Waals surface area contributed by atoms with Gasteiger partial charge in [0.15, 0.2) is 0 Å². The van der Waals surface area contributed by atoms with Crippen LogP contribution in [-0.4, -0.2) is 20.3 Å². The van der Waals surface area contributed by atoms with Crippen molar-refractivity contribution in [1.29, 1.82) is 0 Å². The van der Waals surface area contributed by atoms with Gasteiger partial charge in [-0.05, 0) is 19.3 Å². The van der Waals surface area contributed by atoms with E-state index in [4.69, 9.17) is 9.79 Å². The highest BCUT2D eigenvalue weighted by Gasteiger charge is 2.25. The van der Waals surface area contributed by atoms with Crippen LogP contribution in [0.25, 0.3) is 0 Å². The zero-order valence-corrected chi connectivity index (χ0v) is 9.94. The van der Waals surface area contributed by atoms with Crippen molar-refractivity contribution in [1.82, 2.24) is 0 Å². The van der Waals surface area contributed by atoms with Gasteiger partial charge in [-0.2, -0.15) is 0 Å². The van der Waals surface area contributed by atoms with Gasteiger partial charge >= 0.3 is 7.60 Å². The summed E-state index contributed by atoms with van der Waals surface area (Å²) in [6.07, 6.45) is 2.29. The largest absolute Gasteiger partial charge is 0.325 e. The van der Waals surface area contributed by atoms with Crippen LogP contribution >= 0.6 is 23.5 Å². The summed E-state index contributed by atoms with van der Waals surface area (Å²) in [5.41, 5.74) is 0. The van der Waals surface area contributed by atoms with Crippen LogP contribution in [0.4, 0.5) is 0 Å². The fourth-order valence-corrected chi connectivity index (χ4v) is 2.17. The van der Waals surface area contributed by atoms with Crippen molar-refractivity contribution >= 4 is 23.5 Å². The van der Waals surface area contributed by atoms with Crippen molar-refractivity contribution in [3.05, 3.63) is 0 Å². The summed E-state index contributed by atoms with van der Waals surface area (Å²) in [6.45, 7) is 4.02. The Morgan fingerprint density at radius 1 is 1.33 bits per heavy atom. The molecule has 0 amide bonds. The lowest BCUT2D eigenvalue weighted by molar-refractivity contribution is 0.367. The number of hydrogen-bond donors (Lipinski definition) is 2. The molecule has 12 heavy (non-hydrogen) atoms. The third-order valence-electron chi connectivity index (χ3n) is 2.12. The first-order valence-electron chi connectivity index (χ1n) is 4.06. The molecule has 0 radical (unpaired) electrons. The van der Waals surface area contributed by atoms with Gasteiger partial charge in [0.1, 0.15) is 0 Å². The smallest absolute Gasteiger partial charge is 0.324 e. The molecular formula is C7H16BrO3P. The maximum absolute atomic E-state index is 10.6. The zero-order valence-electron chi connectivity index (χ0n) is 7.46. The Hall–Kier alpha value is 0.630. The van der Waals surface area contributed by atoms with Gasteiger partial charge in [-0.1, -0.05) is 29.8 Å². The molecule has 0 rings (SSSR count). The van der Waals surface area contributed by atoms with Crippen LogP contribution in [0, 0.1) is 0 Å². The average Bonchev–Trinajstić information content (AvgIpc) is 1.99. The summed E-state index contributed by atoms with van der Waals surface area (Å²) in [4.78, 5) is 17.3. The Morgan fingerprint density at radius 2 is 1.75 bits per heavy atom. The summed E-state index contributed by atoms with van der Waals surface area (Å²) >= 11 is 3.49. The van der Waals surface area contributed by atoms with Crippen molar-refractivity contribution in [2.24, 2.45) is 0 Å². The van der Waals surface area contributed by atoms with Gasteiger partial charge < -0.3 is 9.79 Å². The van der Waals surface area contributed by atoms with Gasteiger partial charge in [0.25, 0.3) is 0 Å². The lowest BCUT2D eigenvalue weighted by Crippen LogP contribution is -2.19. The van der Waals surface area contributed by atoms with E-state index in [2.05, 4.69) is 15.9 Å². The predicted molar refractivity (Wildman–Crippen MR) is 53.8 cm³/mol. The average molecular weight is 259 g/mol. The second kappa shape index (κ2) is 4.75. The topological polar surface area (TPSA) is 57.5 Å². The molecule has 5 heteroatoms. The standard InChI is InChI=1S/C7H16BrO3P/c1-3-7(8,4-2)5-6-12(9,10)11/h3-6H2,1-2H3,(H2,9,10,11). The van der Waals surface area contributed by atoms with Crippen molar-refractivity contribution in [2.75, 3.05) is 6.16 Å². The SMILES string of the molecule is CCC(Br)(CC)CCP(=O)(O)O. The van der Waals surface area contributed by atoms with E-state index in [1.54, 1.807) is 0 Å². The summed E-state index contributed by atoms with van der Waals surface area (Å²) < 4.78 is 10.5. The van der Waals surface area contributed by atoms with Gasteiger partial charge in [0.2, 0.25) is 0 Å². The van der Waals surface area contributed by atoms with Gasteiger partial charge in [-0.3, -0.25) is 4.57 Å². The third-order valence-corrected chi connectivity index (χ3v) is 4.44. The maximum Gasteiger partial charge on any atom is 0.325 e. The normalized spacial score (nSPS) is 13.4. The molecule has 0 aromatic carbocycles. The van der Waals surface area contributed by atoms with Gasteiger partial charge in [0, 0.05) is 4.32 Å². The zero-order chi connectivity index (χ0) is 9.83. The molecule has 0 saturated heterocycles. The van der Waals surface area contributed by atoms with Gasteiger partial charge in [0.05, 0.1) is 6.16 Å². The lowest BCUT2D eigenvalue weighted by atomic mass is 10.0. The molecule has 2 N–H and O–H groups in total. The van der Waals surface area contributed by atoms with E-state index in [9.17, 15) is 4.57 Å². The highest BCUT2D eigenvalue weighted by Crippen LogP contribution is 2.41. The van der Waals surface area contributed by atoms with E-state index in [-0.39, 0.29) is 10.5 Å². The first-order valence-corrected chi connectivity index (χ1v) is 6.65. The van der Waals surface area contributed by atoms with Crippen LogP contribution in [0.15, 0.2) is 0 Å². The molecule has 0 unspecified atom stereocenters. The van der Waals surface area contributed by atoms with E-state index in [1.165, 1.54) is 0 Å². The quantitative estimate of drug-likeness (QED) is 0.589. The molecule has 0 aliphatic carbocycles. The Morgan fingerprint density at radius 3 is 2.00 bits per heavy atom. The van der Waals surface area contributed by atoms with Crippen LogP contribution in [-0.2, 0) is 4.57 Å². The Kier molecular flexibility index (Phi) is 5.00. The fraction of sp³-hybridized carbons (Fsp3) is 1.00. The summed E-state index contributed by atoms with van der Waals surface area (Å²) in [6, 6.07) is 0. The van der Waals surface area contributed by atoms with Crippen molar-refractivity contribution in [2.45, 2.75) is 37.4 Å². The molecule has 3 nitrogen and oxygen atoms in total. The lowest BCUT2D eigenvalue weighted by Gasteiger charge is -2.24. The Bertz CT molecular complexity index is 173. The van der Waals surface area contributed by atoms with E-state index in [0.717, 1.165) is 12.8 Å². The first-order chi connectivity index (χ1) is 5.33. The molecule has 0 heterocycles. The van der Waals surface area contributed by atoms with Crippen LogP contribution < -0.4 is 0 Å². The van der Waals surface area contributed by atoms with E-state index in [1.807, 2.05) is 13.8 Å². The molecule has 0 aromatic heterocycles. The third kappa shape index (κ3) is 5.31. The number of rotatable bonds is 5. The minimum Gasteiger partial charge on any atom is -0.324 e. The first kappa shape index (κ1) is 12.6. The molecule has 0 aromatic rings. The molecule has 0 saturated carbocycles. The number of halogens is 1. The van der Waals surface area contributed by atoms with Crippen molar-refractivity contribution in [3.63, 3.8) is 0 Å². The van der Waals surface area contributed by atoms with E-state index in [0.29, 0.717) is 6.42 Å². The second-order valence-corrected chi connectivity index (χ2v) is 6.46. The second-order valence-electron chi connectivity index (χ2n) is 3.00. The van der Waals surface area contributed by atoms with E-state index < -0.39 is 7.60 Å². The highest BCUT2D eigenvalue weighted by molar-refractivity contribution is 9.10. The summed E-state index contributed by atoms with van der Waals surface area (Å²) in [5, 5.41) is 0. The predicted octanol–water partition coefficient (Wildman–Crippen LogP) is 2.51. The number of hydrogen-bond acceptors (Lipinski definition) is 1. The Balaban J connectivity index is 3.98. The summed E-state index contributed by atoms with van der Waals surface area (Å²) in [7, 11) is -3.82. The van der Waals surface area contributed by atoms with Gasteiger partial charge in [-0.25, -0.2) is 0 Å². The minimum absolute atomic E-state index is 0.0278. The van der Waals surface area contributed by atoms with Gasteiger partial charge in [-0.15, -0.1) is 0 Å². The maximum atomic E-state index is 10.6. The fourth-order valence-electron chi connectivity index (χ4n) is 0.950. The highest BCUT2D eigenvalue weighted by atomic mass is 79.9. The minimum atomic E-state index is -3.82. The Labute approximate surface area is 81.8 Å². The van der Waals surface area contributed by atoms with Crippen molar-refractivity contribution < 1.29 is 14.4 Å². The molecule has 74 valence electrons. The molecular weight excluding hydrogens is 243 g/mol. The summed E-state index contributed by atoms with van der Waals surface area (Å²) in [5.74, 6) is 0. The monoisotopic (exact) mass is 258 g/mol. The van der Waals surface area contributed by atoms with Crippen molar-refractivity contribution in [3.8, 4) is 0 Å². The number of alkyl halides is 1. The molecule has 0 spiro atoms. The van der Waals surface area contributed by atoms with E-state index >= 15 is 0 Å². The molecule has 0 fully saturated rings. The van der Waals surface area contributed by atoms with Crippen LogP contribution in [0.3, 0.4) is 0 Å². The molecule has 0 aliphatic heterocycles.